The molecule has 1 N–H and O–H groups in total. The summed E-state index contributed by atoms with van der Waals surface area (Å²) >= 11 is 0. The van der Waals surface area contributed by atoms with Gasteiger partial charge in [-0.3, -0.25) is 4.79 Å². The van der Waals surface area contributed by atoms with Gasteiger partial charge in [-0.1, -0.05) is 77.6 Å². The lowest BCUT2D eigenvalue weighted by Gasteiger charge is -2.19. The first-order valence-corrected chi connectivity index (χ1v) is 12.8. The van der Waals surface area contributed by atoms with Crippen molar-refractivity contribution < 1.29 is 24.1 Å². The summed E-state index contributed by atoms with van der Waals surface area (Å²) in [6.07, 6.45) is 16.0. The molecular formula is C25H49NO5. The van der Waals surface area contributed by atoms with Crippen LogP contribution in [0.4, 0.5) is 0 Å². The molecular weight excluding hydrogens is 394 g/mol. The number of carbonyl (C=O) groups is 1. The number of unbranched alkanes of at least 4 members (excludes halogenated alkanes) is 11. The van der Waals surface area contributed by atoms with Gasteiger partial charge in [0, 0.05) is 19.4 Å². The summed E-state index contributed by atoms with van der Waals surface area (Å²) < 4.78 is 16.7. The van der Waals surface area contributed by atoms with E-state index < -0.39 is 6.29 Å². The molecule has 1 rings (SSSR count). The lowest BCUT2D eigenvalue weighted by atomic mass is 10.1. The molecule has 0 saturated carbocycles. The number of aliphatic hydroxyl groups is 1. The van der Waals surface area contributed by atoms with E-state index in [9.17, 15) is 9.90 Å². The number of hydrogen-bond donors (Lipinski definition) is 1. The van der Waals surface area contributed by atoms with E-state index >= 15 is 0 Å². The number of ether oxygens (including phenoxy) is 3. The number of rotatable bonds is 20. The molecule has 1 aliphatic heterocycles. The maximum Gasteiger partial charge on any atom is 0.305 e. The highest BCUT2D eigenvalue weighted by atomic mass is 16.7. The van der Waals surface area contributed by atoms with Gasteiger partial charge in [-0.15, -0.1) is 0 Å². The van der Waals surface area contributed by atoms with Crippen molar-refractivity contribution in [2.24, 2.45) is 0 Å². The minimum absolute atomic E-state index is 0.154. The van der Waals surface area contributed by atoms with E-state index in [4.69, 9.17) is 14.2 Å². The smallest absolute Gasteiger partial charge is 0.305 e. The van der Waals surface area contributed by atoms with E-state index in [0.29, 0.717) is 19.4 Å². The van der Waals surface area contributed by atoms with Crippen LogP contribution in [0.25, 0.3) is 0 Å². The van der Waals surface area contributed by atoms with Crippen LogP contribution in [-0.4, -0.2) is 68.3 Å². The van der Waals surface area contributed by atoms with Gasteiger partial charge >= 0.3 is 5.97 Å². The SMILES string of the molecule is CCCCCCCCCCCCCCO[C@@H]1C[C@H](O)O[C@@H]1COC(=O)CCCN(C)C. The number of carbonyl (C=O) groups excluding carboxylic acids is 1. The first-order valence-electron chi connectivity index (χ1n) is 12.8. The Morgan fingerprint density at radius 1 is 0.935 bits per heavy atom. The molecule has 3 atom stereocenters. The highest BCUT2D eigenvalue weighted by molar-refractivity contribution is 5.69. The van der Waals surface area contributed by atoms with Crippen LogP contribution >= 0.6 is 0 Å². The Bertz CT molecular complexity index is 432. The van der Waals surface area contributed by atoms with Crippen LogP contribution in [0, 0.1) is 0 Å². The Labute approximate surface area is 191 Å². The quantitative estimate of drug-likeness (QED) is 0.209. The van der Waals surface area contributed by atoms with Crippen molar-refractivity contribution in [2.45, 2.75) is 122 Å². The second-order valence-electron chi connectivity index (χ2n) is 9.25. The second kappa shape index (κ2) is 18.8. The fraction of sp³-hybridized carbons (Fsp3) is 0.960. The summed E-state index contributed by atoms with van der Waals surface area (Å²) in [5.41, 5.74) is 0. The highest BCUT2D eigenvalue weighted by Crippen LogP contribution is 2.23. The van der Waals surface area contributed by atoms with E-state index in [-0.39, 0.29) is 24.8 Å². The Morgan fingerprint density at radius 3 is 2.10 bits per heavy atom. The molecule has 184 valence electrons. The molecule has 1 fully saturated rings. The Morgan fingerprint density at radius 2 is 1.52 bits per heavy atom. The monoisotopic (exact) mass is 443 g/mol. The van der Waals surface area contributed by atoms with Crippen LogP contribution in [0.3, 0.4) is 0 Å². The summed E-state index contributed by atoms with van der Waals surface area (Å²) in [5.74, 6) is -0.216. The summed E-state index contributed by atoms with van der Waals surface area (Å²) in [7, 11) is 3.97. The molecule has 1 saturated heterocycles. The van der Waals surface area contributed by atoms with Crippen LogP contribution < -0.4 is 0 Å². The van der Waals surface area contributed by atoms with E-state index in [2.05, 4.69) is 6.92 Å². The number of esters is 1. The third kappa shape index (κ3) is 15.7. The Kier molecular flexibility index (Phi) is 17.2. The van der Waals surface area contributed by atoms with Crippen molar-refractivity contribution in [1.29, 1.82) is 0 Å². The minimum Gasteiger partial charge on any atom is -0.463 e. The minimum atomic E-state index is -0.829. The maximum absolute atomic E-state index is 11.9. The van der Waals surface area contributed by atoms with Gasteiger partial charge in [0.25, 0.3) is 0 Å². The normalized spacial score (nSPS) is 21.1. The number of nitrogens with zero attached hydrogens (tertiary/aromatic N) is 1. The molecule has 31 heavy (non-hydrogen) atoms. The van der Waals surface area contributed by atoms with Crippen LogP contribution in [-0.2, 0) is 19.0 Å². The molecule has 0 bridgehead atoms. The topological polar surface area (TPSA) is 68.2 Å². The zero-order chi connectivity index (χ0) is 22.7. The second-order valence-corrected chi connectivity index (χ2v) is 9.25. The van der Waals surface area contributed by atoms with Gasteiger partial charge in [-0.2, -0.15) is 0 Å². The van der Waals surface area contributed by atoms with Gasteiger partial charge < -0.3 is 24.2 Å². The predicted molar refractivity (Wildman–Crippen MR) is 125 cm³/mol. The van der Waals surface area contributed by atoms with Gasteiger partial charge in [-0.25, -0.2) is 0 Å². The van der Waals surface area contributed by atoms with Crippen molar-refractivity contribution in [2.75, 3.05) is 33.9 Å². The summed E-state index contributed by atoms with van der Waals surface area (Å²) in [4.78, 5) is 13.9. The molecule has 6 heteroatoms. The molecule has 1 heterocycles. The van der Waals surface area contributed by atoms with Crippen molar-refractivity contribution in [1.82, 2.24) is 4.90 Å². The Hall–Kier alpha value is -0.690. The molecule has 0 aromatic rings. The van der Waals surface area contributed by atoms with E-state index in [0.717, 1.165) is 19.4 Å². The van der Waals surface area contributed by atoms with Crippen LogP contribution in [0.2, 0.25) is 0 Å². The van der Waals surface area contributed by atoms with Gasteiger partial charge in [0.15, 0.2) is 6.29 Å². The molecule has 0 aromatic heterocycles. The van der Waals surface area contributed by atoms with Gasteiger partial charge in [0.2, 0.25) is 0 Å². The third-order valence-electron chi connectivity index (χ3n) is 5.91. The first kappa shape index (κ1) is 28.3. The molecule has 6 nitrogen and oxygen atoms in total. The molecule has 1 aliphatic rings. The molecule has 0 aromatic carbocycles. The molecule has 0 unspecified atom stereocenters. The molecule has 0 amide bonds. The van der Waals surface area contributed by atoms with Gasteiger partial charge in [0.05, 0.1) is 6.10 Å². The van der Waals surface area contributed by atoms with E-state index in [1.807, 2.05) is 19.0 Å². The summed E-state index contributed by atoms with van der Waals surface area (Å²) in [6, 6.07) is 0. The van der Waals surface area contributed by atoms with Gasteiger partial charge in [-0.05, 0) is 33.5 Å². The lowest BCUT2D eigenvalue weighted by molar-refractivity contribution is -0.156. The van der Waals surface area contributed by atoms with E-state index in [1.54, 1.807) is 0 Å². The van der Waals surface area contributed by atoms with Crippen molar-refractivity contribution >= 4 is 5.97 Å². The molecule has 0 radical (unpaired) electrons. The maximum atomic E-state index is 11.9. The summed E-state index contributed by atoms with van der Waals surface area (Å²) in [6.45, 7) is 3.95. The molecule has 0 spiro atoms. The van der Waals surface area contributed by atoms with Crippen LogP contribution in [0.1, 0.15) is 103 Å². The zero-order valence-corrected chi connectivity index (χ0v) is 20.5. The molecule has 0 aliphatic carbocycles. The van der Waals surface area contributed by atoms with Crippen LogP contribution in [0.15, 0.2) is 0 Å². The van der Waals surface area contributed by atoms with Crippen molar-refractivity contribution in [3.63, 3.8) is 0 Å². The van der Waals surface area contributed by atoms with Gasteiger partial charge in [0.1, 0.15) is 12.7 Å². The highest BCUT2D eigenvalue weighted by Gasteiger charge is 2.35. The standard InChI is InChI=1S/C25H49NO5/c1-4-5-6-7-8-9-10-11-12-13-14-15-19-29-22-20-25(28)31-23(22)21-30-24(27)17-16-18-26(2)3/h22-23,25,28H,4-21H2,1-3H3/t22-,23-,25-/m1/s1. The lowest BCUT2D eigenvalue weighted by Crippen LogP contribution is -2.30. The average molecular weight is 444 g/mol. The van der Waals surface area contributed by atoms with Crippen molar-refractivity contribution in [3.05, 3.63) is 0 Å². The first-order chi connectivity index (χ1) is 15.0. The van der Waals surface area contributed by atoms with Crippen molar-refractivity contribution in [3.8, 4) is 0 Å². The van der Waals surface area contributed by atoms with E-state index in [1.165, 1.54) is 70.6 Å². The fourth-order valence-electron chi connectivity index (χ4n) is 3.98. The largest absolute Gasteiger partial charge is 0.463 e. The van der Waals surface area contributed by atoms with Crippen LogP contribution in [0.5, 0.6) is 0 Å². The third-order valence-corrected chi connectivity index (χ3v) is 5.91. The summed E-state index contributed by atoms with van der Waals surface area (Å²) in [5, 5.41) is 9.79. The fourth-order valence-corrected chi connectivity index (χ4v) is 3.98. The zero-order valence-electron chi connectivity index (χ0n) is 20.5. The number of hydrogen-bond acceptors (Lipinski definition) is 6. The average Bonchev–Trinajstić information content (AvgIpc) is 3.09. The predicted octanol–water partition coefficient (Wildman–Crippen LogP) is 5.07. The number of aliphatic hydroxyl groups excluding tert-OH is 1. The Balaban J connectivity index is 2.00.